The first-order valence-corrected chi connectivity index (χ1v) is 8.64. The van der Waals surface area contributed by atoms with E-state index in [2.05, 4.69) is 31.1 Å². The SMILES string of the molecule is CCO[C@H]1C[C@]1(C#C[Si](C)(C)C)OC. The number of hydrogen-bond donors (Lipinski definition) is 0. The van der Waals surface area contributed by atoms with Crippen LogP contribution in [-0.4, -0.2) is 33.5 Å². The number of rotatable bonds is 3. The Labute approximate surface area is 88.0 Å². The van der Waals surface area contributed by atoms with Gasteiger partial charge in [-0.1, -0.05) is 25.6 Å². The lowest BCUT2D eigenvalue weighted by molar-refractivity contribution is 0.0403. The van der Waals surface area contributed by atoms with Gasteiger partial charge in [-0.15, -0.1) is 5.54 Å². The zero-order valence-electron chi connectivity index (χ0n) is 9.81. The number of ether oxygens (including phenoxy) is 2. The van der Waals surface area contributed by atoms with Crippen molar-refractivity contribution in [2.45, 2.75) is 44.7 Å². The maximum Gasteiger partial charge on any atom is 0.156 e. The molecule has 1 rings (SSSR count). The Balaban J connectivity index is 2.61. The standard InChI is InChI=1S/C11H20O2Si/c1-6-13-10-9-11(10,12-2)7-8-14(3,4)5/h10H,6,9H2,1-5H3/t10-,11-/m0/s1. The fraction of sp³-hybridized carbons (Fsp3) is 0.818. The predicted molar refractivity (Wildman–Crippen MR) is 60.9 cm³/mol. The lowest BCUT2D eigenvalue weighted by Crippen LogP contribution is -2.21. The Morgan fingerprint density at radius 1 is 1.43 bits per heavy atom. The summed E-state index contributed by atoms with van der Waals surface area (Å²) in [6.45, 7) is 9.46. The molecule has 0 unspecified atom stereocenters. The molecular formula is C11H20O2Si. The summed E-state index contributed by atoms with van der Waals surface area (Å²) in [6, 6.07) is 0. The van der Waals surface area contributed by atoms with Crippen molar-refractivity contribution in [1.29, 1.82) is 0 Å². The van der Waals surface area contributed by atoms with Crippen molar-refractivity contribution in [3.63, 3.8) is 0 Å². The fourth-order valence-corrected chi connectivity index (χ4v) is 1.89. The van der Waals surface area contributed by atoms with Crippen LogP contribution in [0.1, 0.15) is 13.3 Å². The molecule has 0 aliphatic heterocycles. The summed E-state index contributed by atoms with van der Waals surface area (Å²) in [5.41, 5.74) is 3.07. The van der Waals surface area contributed by atoms with E-state index < -0.39 is 8.07 Å². The van der Waals surface area contributed by atoms with Crippen LogP contribution in [0.3, 0.4) is 0 Å². The molecular weight excluding hydrogens is 192 g/mol. The lowest BCUT2D eigenvalue weighted by Gasteiger charge is -2.10. The van der Waals surface area contributed by atoms with Gasteiger partial charge in [0.05, 0.1) is 0 Å². The van der Waals surface area contributed by atoms with Gasteiger partial charge in [0.15, 0.2) is 5.60 Å². The molecule has 0 saturated heterocycles. The zero-order valence-corrected chi connectivity index (χ0v) is 10.8. The van der Waals surface area contributed by atoms with E-state index >= 15 is 0 Å². The van der Waals surface area contributed by atoms with E-state index in [-0.39, 0.29) is 11.7 Å². The Morgan fingerprint density at radius 2 is 2.07 bits per heavy atom. The minimum Gasteiger partial charge on any atom is -0.374 e. The van der Waals surface area contributed by atoms with Crippen LogP contribution in [0.2, 0.25) is 19.6 Å². The van der Waals surface area contributed by atoms with Crippen molar-refractivity contribution < 1.29 is 9.47 Å². The highest BCUT2D eigenvalue weighted by molar-refractivity contribution is 6.83. The van der Waals surface area contributed by atoms with Gasteiger partial charge in [0.1, 0.15) is 14.2 Å². The van der Waals surface area contributed by atoms with Crippen molar-refractivity contribution in [1.82, 2.24) is 0 Å². The third kappa shape index (κ3) is 2.84. The third-order valence-electron chi connectivity index (χ3n) is 2.23. The van der Waals surface area contributed by atoms with E-state index in [9.17, 15) is 0 Å². The van der Waals surface area contributed by atoms with Crippen LogP contribution in [-0.2, 0) is 9.47 Å². The summed E-state index contributed by atoms with van der Waals surface area (Å²) >= 11 is 0. The maximum atomic E-state index is 5.51. The van der Waals surface area contributed by atoms with Gasteiger partial charge in [-0.2, -0.15) is 0 Å². The molecule has 0 aromatic rings. The topological polar surface area (TPSA) is 18.5 Å². The molecule has 0 N–H and O–H groups in total. The van der Waals surface area contributed by atoms with E-state index in [4.69, 9.17) is 9.47 Å². The Morgan fingerprint density at radius 3 is 2.50 bits per heavy atom. The first-order chi connectivity index (χ1) is 6.43. The highest BCUT2D eigenvalue weighted by Crippen LogP contribution is 2.41. The molecule has 80 valence electrons. The average Bonchev–Trinajstić information content (AvgIpc) is 2.76. The lowest BCUT2D eigenvalue weighted by atomic mass is 10.3. The Kier molecular flexibility index (Phi) is 3.41. The van der Waals surface area contributed by atoms with Crippen LogP contribution in [0.4, 0.5) is 0 Å². The van der Waals surface area contributed by atoms with Gasteiger partial charge in [-0.05, 0) is 6.92 Å². The highest BCUT2D eigenvalue weighted by atomic mass is 28.3. The largest absolute Gasteiger partial charge is 0.374 e. The minimum absolute atomic E-state index is 0.196. The van der Waals surface area contributed by atoms with E-state index in [1.165, 1.54) is 0 Å². The normalized spacial score (nSPS) is 30.8. The van der Waals surface area contributed by atoms with Crippen LogP contribution >= 0.6 is 0 Å². The van der Waals surface area contributed by atoms with Crippen molar-refractivity contribution in [3.8, 4) is 11.5 Å². The molecule has 1 fully saturated rings. The maximum absolute atomic E-state index is 5.51. The monoisotopic (exact) mass is 212 g/mol. The summed E-state index contributed by atoms with van der Waals surface area (Å²) in [7, 11) is 0.428. The molecule has 0 spiro atoms. The Hall–Kier alpha value is -0.303. The molecule has 3 heteroatoms. The number of methoxy groups -OCH3 is 1. The van der Waals surface area contributed by atoms with Crippen LogP contribution in [0.25, 0.3) is 0 Å². The second-order valence-electron chi connectivity index (χ2n) is 4.74. The fourth-order valence-electron chi connectivity index (χ4n) is 1.30. The molecule has 0 bridgehead atoms. The quantitative estimate of drug-likeness (QED) is 0.526. The smallest absolute Gasteiger partial charge is 0.156 e. The molecule has 0 aromatic heterocycles. The average molecular weight is 212 g/mol. The molecule has 1 aliphatic rings. The summed E-state index contributed by atoms with van der Waals surface area (Å²) in [6.07, 6.45) is 1.12. The zero-order chi connectivity index (χ0) is 10.8. The summed E-state index contributed by atoms with van der Waals surface area (Å²) in [5.74, 6) is 3.26. The molecule has 14 heavy (non-hydrogen) atoms. The molecule has 1 aliphatic carbocycles. The van der Waals surface area contributed by atoms with Crippen molar-refractivity contribution in [2.75, 3.05) is 13.7 Å². The summed E-state index contributed by atoms with van der Waals surface area (Å²) in [4.78, 5) is 0. The van der Waals surface area contributed by atoms with Crippen LogP contribution in [0.5, 0.6) is 0 Å². The van der Waals surface area contributed by atoms with Gasteiger partial charge >= 0.3 is 0 Å². The van der Waals surface area contributed by atoms with Gasteiger partial charge in [-0.3, -0.25) is 0 Å². The van der Waals surface area contributed by atoms with Gasteiger partial charge in [0.25, 0.3) is 0 Å². The van der Waals surface area contributed by atoms with E-state index in [1.54, 1.807) is 7.11 Å². The summed E-state index contributed by atoms with van der Waals surface area (Å²) in [5, 5.41) is 0. The van der Waals surface area contributed by atoms with Gasteiger partial charge in [0, 0.05) is 20.1 Å². The van der Waals surface area contributed by atoms with Gasteiger partial charge in [-0.25, -0.2) is 0 Å². The highest BCUT2D eigenvalue weighted by Gasteiger charge is 2.55. The van der Waals surface area contributed by atoms with Crippen LogP contribution in [0.15, 0.2) is 0 Å². The molecule has 0 heterocycles. The first-order valence-electron chi connectivity index (χ1n) is 5.14. The first kappa shape index (κ1) is 11.8. The molecule has 2 nitrogen and oxygen atoms in total. The second kappa shape index (κ2) is 4.06. The van der Waals surface area contributed by atoms with E-state index in [0.29, 0.717) is 0 Å². The van der Waals surface area contributed by atoms with Gasteiger partial charge in [0.2, 0.25) is 0 Å². The van der Waals surface area contributed by atoms with Crippen molar-refractivity contribution in [2.24, 2.45) is 0 Å². The van der Waals surface area contributed by atoms with Crippen LogP contribution < -0.4 is 0 Å². The van der Waals surface area contributed by atoms with E-state index in [1.807, 2.05) is 6.92 Å². The predicted octanol–water partition coefficient (Wildman–Crippen LogP) is 2.06. The van der Waals surface area contributed by atoms with E-state index in [0.717, 1.165) is 13.0 Å². The summed E-state index contributed by atoms with van der Waals surface area (Å²) < 4.78 is 10.9. The van der Waals surface area contributed by atoms with Crippen molar-refractivity contribution >= 4 is 8.07 Å². The molecule has 0 amide bonds. The molecule has 0 aromatic carbocycles. The molecule has 0 radical (unpaired) electrons. The number of hydrogen-bond acceptors (Lipinski definition) is 2. The Bertz CT molecular complexity index is 259. The van der Waals surface area contributed by atoms with Crippen LogP contribution in [0, 0.1) is 11.5 Å². The van der Waals surface area contributed by atoms with Gasteiger partial charge < -0.3 is 9.47 Å². The minimum atomic E-state index is -1.29. The third-order valence-corrected chi connectivity index (χ3v) is 3.10. The molecule has 2 atom stereocenters. The van der Waals surface area contributed by atoms with Crippen molar-refractivity contribution in [3.05, 3.63) is 0 Å². The second-order valence-corrected chi connectivity index (χ2v) is 9.49. The molecule has 1 saturated carbocycles.